The van der Waals surface area contributed by atoms with E-state index < -0.39 is 0 Å². The first kappa shape index (κ1) is 31.1. The van der Waals surface area contributed by atoms with Crippen molar-refractivity contribution in [3.63, 3.8) is 0 Å². The molecule has 2 aliphatic heterocycles. The molecule has 6 heteroatoms. The maximum absolute atomic E-state index is 5.67. The third-order valence-electron chi connectivity index (χ3n) is 9.60. The Morgan fingerprint density at radius 2 is 0.692 bits per heavy atom. The van der Waals surface area contributed by atoms with E-state index in [9.17, 15) is 0 Å². The second kappa shape index (κ2) is 13.1. The molecule has 0 aliphatic carbocycles. The number of methoxy groups -OCH3 is 2. The van der Waals surface area contributed by atoms with Crippen LogP contribution in [0, 0.1) is 0 Å². The van der Waals surface area contributed by atoms with Crippen molar-refractivity contribution in [3.8, 4) is 56.0 Å². The van der Waals surface area contributed by atoms with Gasteiger partial charge in [-0.15, -0.1) is 0 Å². The molecule has 2 N–H and O–H groups in total. The molecule has 0 atom stereocenters. The van der Waals surface area contributed by atoms with Crippen LogP contribution in [0.5, 0.6) is 11.5 Å². The summed E-state index contributed by atoms with van der Waals surface area (Å²) in [5.41, 5.74) is 15.3. The molecule has 0 unspecified atom stereocenters. The van der Waals surface area contributed by atoms with Gasteiger partial charge in [-0.05, 0) is 95.1 Å². The summed E-state index contributed by atoms with van der Waals surface area (Å²) in [5, 5.41) is 0. The molecule has 52 heavy (non-hydrogen) atoms. The zero-order chi connectivity index (χ0) is 35.0. The van der Waals surface area contributed by atoms with Crippen molar-refractivity contribution < 1.29 is 9.47 Å². The Bertz CT molecular complexity index is 2520. The molecule has 0 radical (unpaired) electrons. The number of benzene rings is 4. The predicted molar refractivity (Wildman–Crippen MR) is 214 cm³/mol. The number of nitrogens with one attached hydrogen (secondary N) is 2. The molecule has 8 bridgehead atoms. The molecule has 0 fully saturated rings. The Hall–Kier alpha value is -6.92. The average molecular weight is 675 g/mol. The monoisotopic (exact) mass is 674 g/mol. The summed E-state index contributed by atoms with van der Waals surface area (Å²) in [6, 6.07) is 45.7. The third kappa shape index (κ3) is 5.56. The SMILES string of the molecule is COc1cccc(-c2c3nc(c(-c4ccccc4)c4ccc([nH]4)c(-c4cccc(OC)c4)c4nc(c(-c5ccccc5)c5ccc2[nH]5)C=C4)C=C3)c1. The molecule has 4 aromatic carbocycles. The van der Waals surface area contributed by atoms with Crippen LogP contribution in [0.25, 0.3) is 90.9 Å². The lowest BCUT2D eigenvalue weighted by Gasteiger charge is -2.08. The number of nitrogens with zero attached hydrogens (tertiary/aromatic N) is 2. The lowest BCUT2D eigenvalue weighted by atomic mass is 10.0. The Labute approximate surface area is 301 Å². The van der Waals surface area contributed by atoms with Gasteiger partial charge in [0, 0.05) is 44.3 Å². The molecule has 7 aromatic rings. The minimum absolute atomic E-state index is 0.777. The first-order chi connectivity index (χ1) is 25.7. The molecule has 2 aliphatic rings. The first-order valence-corrected chi connectivity index (χ1v) is 17.2. The Morgan fingerprint density at radius 1 is 0.365 bits per heavy atom. The van der Waals surface area contributed by atoms with E-state index in [1.165, 1.54) is 0 Å². The predicted octanol–water partition coefficient (Wildman–Crippen LogP) is 11.3. The lowest BCUT2D eigenvalue weighted by Crippen LogP contribution is -1.90. The second-order valence-electron chi connectivity index (χ2n) is 12.7. The number of rotatable bonds is 6. The summed E-state index contributed by atoms with van der Waals surface area (Å²) < 4.78 is 11.3. The maximum atomic E-state index is 5.67. The zero-order valence-electron chi connectivity index (χ0n) is 28.7. The molecule has 0 saturated heterocycles. The van der Waals surface area contributed by atoms with Crippen LogP contribution in [0.15, 0.2) is 133 Å². The number of hydrogen-bond donors (Lipinski definition) is 2. The van der Waals surface area contributed by atoms with E-state index in [0.29, 0.717) is 0 Å². The van der Waals surface area contributed by atoms with Gasteiger partial charge in [-0.3, -0.25) is 0 Å². The minimum Gasteiger partial charge on any atom is -0.497 e. The maximum Gasteiger partial charge on any atom is 0.119 e. The van der Waals surface area contributed by atoms with Gasteiger partial charge in [0.1, 0.15) is 11.5 Å². The van der Waals surface area contributed by atoms with Crippen LogP contribution in [-0.2, 0) is 0 Å². The van der Waals surface area contributed by atoms with Gasteiger partial charge in [0.15, 0.2) is 0 Å². The highest BCUT2D eigenvalue weighted by Gasteiger charge is 2.19. The van der Waals surface area contributed by atoms with E-state index in [4.69, 9.17) is 19.4 Å². The largest absolute Gasteiger partial charge is 0.497 e. The van der Waals surface area contributed by atoms with Crippen molar-refractivity contribution >= 4 is 46.4 Å². The fourth-order valence-electron chi connectivity index (χ4n) is 7.19. The first-order valence-electron chi connectivity index (χ1n) is 17.2. The summed E-state index contributed by atoms with van der Waals surface area (Å²) in [4.78, 5) is 18.3. The quantitative estimate of drug-likeness (QED) is 0.184. The summed E-state index contributed by atoms with van der Waals surface area (Å²) in [6.07, 6.45) is 8.43. The lowest BCUT2D eigenvalue weighted by molar-refractivity contribution is 0.415. The van der Waals surface area contributed by atoms with Crippen LogP contribution in [0.3, 0.4) is 0 Å². The van der Waals surface area contributed by atoms with Gasteiger partial charge in [-0.25, -0.2) is 9.97 Å². The molecule has 3 aromatic heterocycles. The highest BCUT2D eigenvalue weighted by Crippen LogP contribution is 2.39. The number of aromatic nitrogens is 4. The smallest absolute Gasteiger partial charge is 0.119 e. The van der Waals surface area contributed by atoms with Crippen molar-refractivity contribution in [2.75, 3.05) is 14.2 Å². The number of fused-ring (bicyclic) bond motifs is 8. The van der Waals surface area contributed by atoms with Gasteiger partial charge in [-0.1, -0.05) is 84.9 Å². The Morgan fingerprint density at radius 3 is 1.04 bits per heavy atom. The fourth-order valence-corrected chi connectivity index (χ4v) is 7.19. The van der Waals surface area contributed by atoms with Gasteiger partial charge in [0.25, 0.3) is 0 Å². The van der Waals surface area contributed by atoms with Crippen LogP contribution in [0.1, 0.15) is 22.8 Å². The molecule has 0 amide bonds. The van der Waals surface area contributed by atoms with Crippen molar-refractivity contribution in [2.24, 2.45) is 0 Å². The van der Waals surface area contributed by atoms with E-state index in [1.807, 2.05) is 36.4 Å². The topological polar surface area (TPSA) is 75.8 Å². The molecule has 250 valence electrons. The van der Waals surface area contributed by atoms with Gasteiger partial charge in [0.05, 0.1) is 37.0 Å². The highest BCUT2D eigenvalue weighted by atomic mass is 16.5. The van der Waals surface area contributed by atoms with E-state index in [0.717, 1.165) is 101 Å². The molecule has 0 spiro atoms. The average Bonchev–Trinajstić information content (AvgIpc) is 4.04. The summed E-state index contributed by atoms with van der Waals surface area (Å²) in [6.45, 7) is 0. The molecule has 0 saturated carbocycles. The number of ether oxygens (including phenoxy) is 2. The van der Waals surface area contributed by atoms with E-state index in [-0.39, 0.29) is 0 Å². The molecule has 9 rings (SSSR count). The van der Waals surface area contributed by atoms with Gasteiger partial charge >= 0.3 is 0 Å². The van der Waals surface area contributed by atoms with E-state index in [1.54, 1.807) is 14.2 Å². The standard InChI is InChI=1S/C46H34N4O2/c1-51-33-17-9-15-31(27-33)45-39-23-19-35(47-39)43(29-11-5-3-6-12-29)37-21-25-41(49-37)46(32-16-10-18-34(28-32)52-2)42-26-22-38(50-42)44(30-13-7-4-8-14-30)36-20-24-40(45)48-36/h3-28,47,50H,1-2H3. The van der Waals surface area contributed by atoms with Gasteiger partial charge in [0.2, 0.25) is 0 Å². The number of H-pyrrole nitrogens is 2. The third-order valence-corrected chi connectivity index (χ3v) is 9.60. The second-order valence-corrected chi connectivity index (χ2v) is 12.7. The van der Waals surface area contributed by atoms with Crippen molar-refractivity contribution in [2.45, 2.75) is 0 Å². The normalized spacial score (nSPS) is 11.9. The Kier molecular flexibility index (Phi) is 7.82. The Balaban J connectivity index is 1.47. The van der Waals surface area contributed by atoms with Crippen molar-refractivity contribution in [3.05, 3.63) is 156 Å². The zero-order valence-corrected chi connectivity index (χ0v) is 28.7. The van der Waals surface area contributed by atoms with E-state index >= 15 is 0 Å². The highest BCUT2D eigenvalue weighted by molar-refractivity contribution is 5.99. The molecular weight excluding hydrogens is 641 g/mol. The fraction of sp³-hybridized carbons (Fsp3) is 0.0435. The number of aromatic amines is 2. The summed E-state index contributed by atoms with van der Waals surface area (Å²) in [5.74, 6) is 1.55. The molecule has 6 nitrogen and oxygen atoms in total. The van der Waals surface area contributed by atoms with Crippen molar-refractivity contribution in [1.29, 1.82) is 0 Å². The van der Waals surface area contributed by atoms with Crippen molar-refractivity contribution in [1.82, 2.24) is 19.9 Å². The molecular formula is C46H34N4O2. The summed E-state index contributed by atoms with van der Waals surface area (Å²) >= 11 is 0. The van der Waals surface area contributed by atoms with Crippen LogP contribution in [0.2, 0.25) is 0 Å². The van der Waals surface area contributed by atoms with Crippen LogP contribution >= 0.6 is 0 Å². The van der Waals surface area contributed by atoms with E-state index in [2.05, 4.69) is 131 Å². The number of hydrogen-bond acceptors (Lipinski definition) is 4. The van der Waals surface area contributed by atoms with Gasteiger partial charge < -0.3 is 19.4 Å². The van der Waals surface area contributed by atoms with Crippen LogP contribution in [0.4, 0.5) is 0 Å². The minimum atomic E-state index is 0.777. The van der Waals surface area contributed by atoms with Crippen LogP contribution < -0.4 is 9.47 Å². The summed E-state index contributed by atoms with van der Waals surface area (Å²) in [7, 11) is 3.39. The molecule has 5 heterocycles. The van der Waals surface area contributed by atoms with Crippen LogP contribution in [-0.4, -0.2) is 34.2 Å². The van der Waals surface area contributed by atoms with Gasteiger partial charge in [-0.2, -0.15) is 0 Å².